The molecule has 15 heavy (non-hydrogen) atoms. The van der Waals surface area contributed by atoms with E-state index in [0.717, 1.165) is 18.7 Å². The number of hydrogen-bond donors (Lipinski definition) is 0. The highest BCUT2D eigenvalue weighted by Crippen LogP contribution is 2.02. The first kappa shape index (κ1) is 15.0. The van der Waals surface area contributed by atoms with E-state index in [-0.39, 0.29) is 0 Å². The van der Waals surface area contributed by atoms with Gasteiger partial charge in [0.15, 0.2) is 0 Å². The van der Waals surface area contributed by atoms with E-state index in [2.05, 4.69) is 45.6 Å². The summed E-state index contributed by atoms with van der Waals surface area (Å²) in [4.78, 5) is 0. The molecule has 86 valence electrons. The van der Waals surface area contributed by atoms with E-state index in [1.807, 2.05) is 6.07 Å². The molecule has 6 heteroatoms. The molecule has 1 rings (SSSR count). The molecule has 0 atom stereocenters. The van der Waals surface area contributed by atoms with Gasteiger partial charge in [-0.05, 0) is 18.4 Å². The summed E-state index contributed by atoms with van der Waals surface area (Å²) in [7, 11) is 4.81. The lowest BCUT2D eigenvalue weighted by molar-refractivity contribution is 0.621. The van der Waals surface area contributed by atoms with Gasteiger partial charge >= 0.3 is 8.26 Å². The summed E-state index contributed by atoms with van der Waals surface area (Å²) in [5.74, 6) is 0.759. The second-order valence-electron chi connectivity index (χ2n) is 2.66. The summed E-state index contributed by atoms with van der Waals surface area (Å²) < 4.78 is 18.3. The molecular weight excluding hydrogens is 279 g/mol. The Morgan fingerprint density at radius 3 is 1.93 bits per heavy atom. The van der Waals surface area contributed by atoms with E-state index < -0.39 is 8.26 Å². The van der Waals surface area contributed by atoms with Gasteiger partial charge in [-0.3, -0.25) is 0 Å². The van der Waals surface area contributed by atoms with Crippen molar-refractivity contribution in [2.45, 2.75) is 12.8 Å². The first-order valence-electron chi connectivity index (χ1n) is 4.17. The third kappa shape index (κ3) is 14.0. The van der Waals surface area contributed by atoms with Crippen molar-refractivity contribution in [1.82, 2.24) is 0 Å². The molecule has 0 fully saturated rings. The molecule has 0 heterocycles. The second kappa shape index (κ2) is 8.22. The molecule has 0 bridgehead atoms. The summed E-state index contributed by atoms with van der Waals surface area (Å²) in [6, 6.07) is 10.4. The fourth-order valence-electron chi connectivity index (χ4n) is 0.916. The molecule has 0 aliphatic heterocycles. The minimum absolute atomic E-state index is 0.759. The van der Waals surface area contributed by atoms with Gasteiger partial charge in [0, 0.05) is 27.2 Å². The van der Waals surface area contributed by atoms with Gasteiger partial charge in [-0.15, -0.1) is 11.6 Å². The molecule has 0 saturated heterocycles. The molecule has 1 aromatic rings. The largest absolute Gasteiger partial charge is 0.317 e. The van der Waals surface area contributed by atoms with Gasteiger partial charge < -0.3 is 0 Å². The number of rotatable bonds is 3. The van der Waals surface area contributed by atoms with Crippen LogP contribution in [0.4, 0.5) is 0 Å². The van der Waals surface area contributed by atoms with Crippen LogP contribution in [0.3, 0.4) is 0 Å². The maximum Gasteiger partial charge on any atom is 0.317 e. The van der Waals surface area contributed by atoms with E-state index in [4.69, 9.17) is 20.0 Å². The first-order chi connectivity index (χ1) is 6.93. The molecule has 0 N–H and O–H groups in total. The number of aryl methyl sites for hydroxylation is 1. The average molecular weight is 290 g/mol. The van der Waals surface area contributed by atoms with E-state index >= 15 is 0 Å². The van der Waals surface area contributed by atoms with Crippen molar-refractivity contribution >= 4 is 41.2 Å². The van der Waals surface area contributed by atoms with E-state index in [1.165, 1.54) is 5.56 Å². The zero-order valence-electron chi connectivity index (χ0n) is 7.87. The second-order valence-corrected chi connectivity index (χ2v) is 6.70. The Morgan fingerprint density at radius 1 is 1.07 bits per heavy atom. The van der Waals surface area contributed by atoms with Gasteiger partial charge in [-0.2, -0.15) is 8.42 Å². The van der Waals surface area contributed by atoms with E-state index in [0.29, 0.717) is 0 Å². The van der Waals surface area contributed by atoms with Crippen molar-refractivity contribution < 1.29 is 8.42 Å². The summed E-state index contributed by atoms with van der Waals surface area (Å²) >= 11 is 5.55. The van der Waals surface area contributed by atoms with Gasteiger partial charge in [0.2, 0.25) is 0 Å². The molecule has 0 saturated carbocycles. The van der Waals surface area contributed by atoms with Crippen molar-refractivity contribution in [3.05, 3.63) is 35.9 Å². The Kier molecular flexibility index (Phi) is 8.24. The minimum Gasteiger partial charge on any atom is -0.195 e. The molecule has 0 aliphatic rings. The van der Waals surface area contributed by atoms with E-state index in [1.54, 1.807) is 0 Å². The summed E-state index contributed by atoms with van der Waals surface area (Å²) in [6.45, 7) is 0. The zero-order valence-corrected chi connectivity index (χ0v) is 11.0. The van der Waals surface area contributed by atoms with Crippen molar-refractivity contribution in [2.75, 3.05) is 5.88 Å². The lowest BCUT2D eigenvalue weighted by atomic mass is 10.1. The normalized spacial score (nSPS) is 10.3. The van der Waals surface area contributed by atoms with Crippen LogP contribution in [0.15, 0.2) is 30.3 Å². The van der Waals surface area contributed by atoms with Crippen LogP contribution >= 0.6 is 33.0 Å². The first-order valence-corrected chi connectivity index (χ1v) is 7.84. The molecule has 0 aliphatic carbocycles. The summed E-state index contributed by atoms with van der Waals surface area (Å²) in [6.07, 6.45) is 2.18. The van der Waals surface area contributed by atoms with Crippen LogP contribution in [0.25, 0.3) is 0 Å². The van der Waals surface area contributed by atoms with Crippen LogP contribution in [0, 0.1) is 0 Å². The maximum absolute atomic E-state index is 9.16. The molecule has 0 radical (unpaired) electrons. The smallest absolute Gasteiger partial charge is 0.195 e. The van der Waals surface area contributed by atoms with E-state index in [9.17, 15) is 0 Å². The predicted molar refractivity (Wildman–Crippen MR) is 66.1 cm³/mol. The fraction of sp³-hybridized carbons (Fsp3) is 0.333. The highest BCUT2D eigenvalue weighted by molar-refractivity contribution is 8.31. The van der Waals surface area contributed by atoms with Crippen molar-refractivity contribution in [3.8, 4) is 0 Å². The molecule has 0 unspecified atom stereocenters. The highest BCUT2D eigenvalue weighted by atomic mass is 36.0. The lowest BCUT2D eigenvalue weighted by Gasteiger charge is -1.95. The minimum atomic E-state index is -3.72. The Hall–Kier alpha value is 0.0400. The van der Waals surface area contributed by atoms with Gasteiger partial charge in [0.05, 0.1) is 0 Å². The molecule has 0 aromatic heterocycles. The Labute approximate surface area is 104 Å². The number of halogens is 3. The zero-order chi connectivity index (χ0) is 11.7. The molecule has 0 spiro atoms. The molecule has 2 nitrogen and oxygen atoms in total. The van der Waals surface area contributed by atoms with Crippen LogP contribution in [-0.2, 0) is 14.7 Å². The van der Waals surface area contributed by atoms with Gasteiger partial charge in [0.1, 0.15) is 0 Å². The van der Waals surface area contributed by atoms with Crippen LogP contribution in [0.1, 0.15) is 12.0 Å². The van der Waals surface area contributed by atoms with Crippen molar-refractivity contribution in [1.29, 1.82) is 0 Å². The third-order valence-electron chi connectivity index (χ3n) is 1.44. The molecule has 0 amide bonds. The monoisotopic (exact) mass is 288 g/mol. The van der Waals surface area contributed by atoms with Crippen LogP contribution < -0.4 is 0 Å². The topological polar surface area (TPSA) is 34.1 Å². The fourth-order valence-corrected chi connectivity index (χ4v) is 1.05. The quantitative estimate of drug-likeness (QED) is 0.630. The SMILES string of the molecule is ClCCCc1ccccc1.O=S(=O)(Cl)Cl. The summed E-state index contributed by atoms with van der Waals surface area (Å²) in [5, 5.41) is 0. The van der Waals surface area contributed by atoms with Crippen molar-refractivity contribution in [2.24, 2.45) is 0 Å². The highest BCUT2D eigenvalue weighted by Gasteiger charge is 1.89. The predicted octanol–water partition coefficient (Wildman–Crippen LogP) is 3.57. The molecular formula is C9H11Cl3O2S. The number of alkyl halides is 1. The number of hydrogen-bond acceptors (Lipinski definition) is 2. The average Bonchev–Trinajstić information content (AvgIpc) is 2.14. The van der Waals surface area contributed by atoms with Crippen molar-refractivity contribution in [3.63, 3.8) is 0 Å². The Bertz CT molecular complexity index is 343. The number of benzene rings is 1. The van der Waals surface area contributed by atoms with Gasteiger partial charge in [-0.1, -0.05) is 30.3 Å². The maximum atomic E-state index is 9.16. The van der Waals surface area contributed by atoms with Gasteiger partial charge in [-0.25, -0.2) is 0 Å². The van der Waals surface area contributed by atoms with Crippen LogP contribution in [0.2, 0.25) is 0 Å². The Morgan fingerprint density at radius 2 is 1.53 bits per heavy atom. The lowest BCUT2D eigenvalue weighted by Crippen LogP contribution is -1.83. The van der Waals surface area contributed by atoms with Crippen LogP contribution in [-0.4, -0.2) is 14.3 Å². The van der Waals surface area contributed by atoms with Gasteiger partial charge in [0.25, 0.3) is 0 Å². The standard InChI is InChI=1S/C9H11Cl.Cl2O2S/c10-8-4-7-9-5-2-1-3-6-9;1-5(2,3)4/h1-3,5-6H,4,7-8H2;. The summed E-state index contributed by atoms with van der Waals surface area (Å²) in [5.41, 5.74) is 1.38. The molecule has 1 aromatic carbocycles. The van der Waals surface area contributed by atoms with Crippen LogP contribution in [0.5, 0.6) is 0 Å². The Balaban J connectivity index is 0.000000336. The third-order valence-corrected chi connectivity index (χ3v) is 1.71.